The van der Waals surface area contributed by atoms with E-state index in [1.165, 1.54) is 12.3 Å². The summed E-state index contributed by atoms with van der Waals surface area (Å²) in [5.41, 5.74) is 10.0. The zero-order chi connectivity index (χ0) is 22.7. The van der Waals surface area contributed by atoms with Crippen molar-refractivity contribution in [1.82, 2.24) is 14.9 Å². The molecule has 1 aromatic carbocycles. The maximum Gasteiger partial charge on any atom is 0.221 e. The topological polar surface area (TPSA) is 92.4 Å². The molecule has 164 valence electrons. The summed E-state index contributed by atoms with van der Waals surface area (Å²) in [4.78, 5) is 35.3. The number of carbonyl (C=O) groups is 2. The van der Waals surface area contributed by atoms with Gasteiger partial charge in [-0.2, -0.15) is 4.39 Å². The molecule has 2 amide bonds. The van der Waals surface area contributed by atoms with Crippen molar-refractivity contribution in [1.29, 1.82) is 0 Å². The fourth-order valence-electron chi connectivity index (χ4n) is 3.95. The molecule has 2 N–H and O–H groups in total. The fourth-order valence-corrected chi connectivity index (χ4v) is 3.95. The maximum atomic E-state index is 13.8. The number of benzene rings is 1. The number of hydrogen-bond donors (Lipinski definition) is 1. The summed E-state index contributed by atoms with van der Waals surface area (Å²) in [6.07, 6.45) is 3.33. The van der Waals surface area contributed by atoms with Crippen LogP contribution in [0.4, 0.5) is 10.1 Å². The Morgan fingerprint density at radius 1 is 1.00 bits per heavy atom. The van der Waals surface area contributed by atoms with Crippen molar-refractivity contribution in [2.45, 2.75) is 13.3 Å². The highest BCUT2D eigenvalue weighted by Gasteiger charge is 2.19. The van der Waals surface area contributed by atoms with Gasteiger partial charge >= 0.3 is 0 Å². The van der Waals surface area contributed by atoms with Crippen molar-refractivity contribution in [3.8, 4) is 22.4 Å². The van der Waals surface area contributed by atoms with Gasteiger partial charge in [0.25, 0.3) is 0 Å². The molecule has 7 nitrogen and oxygen atoms in total. The predicted octanol–water partition coefficient (Wildman–Crippen LogP) is 2.65. The van der Waals surface area contributed by atoms with Gasteiger partial charge in [-0.3, -0.25) is 14.6 Å². The largest absolute Gasteiger partial charge is 0.369 e. The standard InChI is InChI=1S/C24H24FN5O2/c1-16(31)29-8-10-30(11-9-29)19-3-5-22(28-15-19)21-12-17(13-24(26)32)2-4-20(21)18-6-7-27-23(25)14-18/h2-7,12,14-15H,8-11,13H2,1H3,(H2,26,32). The second-order valence-electron chi connectivity index (χ2n) is 7.79. The van der Waals surface area contributed by atoms with Crippen LogP contribution in [-0.4, -0.2) is 52.9 Å². The number of nitrogens with zero attached hydrogens (tertiary/aromatic N) is 4. The second kappa shape index (κ2) is 9.13. The predicted molar refractivity (Wildman–Crippen MR) is 120 cm³/mol. The molecular weight excluding hydrogens is 409 g/mol. The highest BCUT2D eigenvalue weighted by atomic mass is 19.1. The molecule has 0 radical (unpaired) electrons. The number of anilines is 1. The molecule has 3 aromatic rings. The normalized spacial score (nSPS) is 13.8. The third-order valence-corrected chi connectivity index (χ3v) is 5.61. The SMILES string of the molecule is CC(=O)N1CCN(c2ccc(-c3cc(CC(N)=O)ccc3-c3ccnc(F)c3)nc2)CC1. The van der Waals surface area contributed by atoms with E-state index in [9.17, 15) is 14.0 Å². The molecule has 0 aliphatic carbocycles. The molecule has 1 aliphatic rings. The molecule has 0 spiro atoms. The quantitative estimate of drug-likeness (QED) is 0.625. The van der Waals surface area contributed by atoms with E-state index in [2.05, 4.69) is 14.9 Å². The maximum absolute atomic E-state index is 13.8. The van der Waals surface area contributed by atoms with E-state index in [1.54, 1.807) is 19.2 Å². The van der Waals surface area contributed by atoms with Crippen LogP contribution in [0.5, 0.6) is 0 Å². The van der Waals surface area contributed by atoms with Gasteiger partial charge in [0.1, 0.15) is 0 Å². The number of carbonyl (C=O) groups excluding carboxylic acids is 2. The summed E-state index contributed by atoms with van der Waals surface area (Å²) in [5.74, 6) is -0.900. The number of halogens is 1. The molecule has 8 heteroatoms. The monoisotopic (exact) mass is 433 g/mol. The summed E-state index contributed by atoms with van der Waals surface area (Å²) < 4.78 is 13.8. The summed E-state index contributed by atoms with van der Waals surface area (Å²) in [7, 11) is 0. The third kappa shape index (κ3) is 4.74. The van der Waals surface area contributed by atoms with E-state index in [0.717, 1.165) is 35.5 Å². The van der Waals surface area contributed by atoms with E-state index in [1.807, 2.05) is 35.2 Å². The van der Waals surface area contributed by atoms with Gasteiger partial charge in [-0.25, -0.2) is 4.98 Å². The fraction of sp³-hybridized carbons (Fsp3) is 0.250. The molecular formula is C24H24FN5O2. The Kier molecular flexibility index (Phi) is 6.11. The van der Waals surface area contributed by atoms with Gasteiger partial charge in [0, 0.05) is 50.9 Å². The van der Waals surface area contributed by atoms with Crippen LogP contribution >= 0.6 is 0 Å². The van der Waals surface area contributed by atoms with Crippen molar-refractivity contribution in [3.05, 3.63) is 66.4 Å². The first-order valence-corrected chi connectivity index (χ1v) is 10.4. The van der Waals surface area contributed by atoms with Crippen LogP contribution in [0.2, 0.25) is 0 Å². The molecule has 2 aromatic heterocycles. The molecule has 0 bridgehead atoms. The van der Waals surface area contributed by atoms with Crippen molar-refractivity contribution in [3.63, 3.8) is 0 Å². The Morgan fingerprint density at radius 3 is 2.41 bits per heavy atom. The average molecular weight is 433 g/mol. The summed E-state index contributed by atoms with van der Waals surface area (Å²) >= 11 is 0. The van der Waals surface area contributed by atoms with Crippen LogP contribution in [0.1, 0.15) is 12.5 Å². The third-order valence-electron chi connectivity index (χ3n) is 5.61. The number of amides is 2. The van der Waals surface area contributed by atoms with E-state index < -0.39 is 11.9 Å². The zero-order valence-corrected chi connectivity index (χ0v) is 17.8. The van der Waals surface area contributed by atoms with Gasteiger partial charge in [0.05, 0.1) is 24.0 Å². The molecule has 1 fully saturated rings. The minimum atomic E-state index is -0.567. The highest BCUT2D eigenvalue weighted by molar-refractivity contribution is 5.84. The van der Waals surface area contributed by atoms with E-state index in [0.29, 0.717) is 24.3 Å². The lowest BCUT2D eigenvalue weighted by Crippen LogP contribution is -2.48. The first-order chi connectivity index (χ1) is 15.4. The Hall–Kier alpha value is -3.81. The number of pyridine rings is 2. The highest BCUT2D eigenvalue weighted by Crippen LogP contribution is 2.33. The molecule has 1 aliphatic heterocycles. The van der Waals surface area contributed by atoms with Crippen LogP contribution in [-0.2, 0) is 16.0 Å². The first-order valence-electron chi connectivity index (χ1n) is 10.4. The lowest BCUT2D eigenvalue weighted by atomic mass is 9.94. The number of rotatable bonds is 5. The van der Waals surface area contributed by atoms with Gasteiger partial charge in [0.15, 0.2) is 0 Å². The van der Waals surface area contributed by atoms with Crippen LogP contribution in [0.3, 0.4) is 0 Å². The van der Waals surface area contributed by atoms with Crippen LogP contribution in [0, 0.1) is 5.95 Å². The molecule has 32 heavy (non-hydrogen) atoms. The second-order valence-corrected chi connectivity index (χ2v) is 7.79. The van der Waals surface area contributed by atoms with Crippen molar-refractivity contribution in [2.75, 3.05) is 31.1 Å². The lowest BCUT2D eigenvalue weighted by molar-refractivity contribution is -0.129. The smallest absolute Gasteiger partial charge is 0.221 e. The van der Waals surface area contributed by atoms with Crippen molar-refractivity contribution in [2.24, 2.45) is 5.73 Å². The van der Waals surface area contributed by atoms with Crippen molar-refractivity contribution >= 4 is 17.5 Å². The molecule has 0 unspecified atom stereocenters. The lowest BCUT2D eigenvalue weighted by Gasteiger charge is -2.35. The van der Waals surface area contributed by atoms with Crippen LogP contribution < -0.4 is 10.6 Å². The van der Waals surface area contributed by atoms with E-state index in [4.69, 9.17) is 5.73 Å². The molecule has 0 saturated carbocycles. The van der Waals surface area contributed by atoms with Gasteiger partial charge < -0.3 is 15.5 Å². The van der Waals surface area contributed by atoms with E-state index in [-0.39, 0.29) is 12.3 Å². The van der Waals surface area contributed by atoms with Gasteiger partial charge in [-0.15, -0.1) is 0 Å². The molecule has 1 saturated heterocycles. The minimum Gasteiger partial charge on any atom is -0.369 e. The summed E-state index contributed by atoms with van der Waals surface area (Å²) in [6.45, 7) is 4.45. The number of hydrogen-bond acceptors (Lipinski definition) is 5. The van der Waals surface area contributed by atoms with Gasteiger partial charge in [0.2, 0.25) is 17.8 Å². The zero-order valence-electron chi connectivity index (χ0n) is 17.8. The first kappa shape index (κ1) is 21.4. The Bertz CT molecular complexity index is 1140. The van der Waals surface area contributed by atoms with Crippen LogP contribution in [0.15, 0.2) is 54.9 Å². The Morgan fingerprint density at radius 2 is 1.78 bits per heavy atom. The number of piperazine rings is 1. The number of primary amides is 1. The number of nitrogens with two attached hydrogens (primary N) is 1. The van der Waals surface area contributed by atoms with Gasteiger partial charge in [-0.05, 0) is 41.0 Å². The summed E-state index contributed by atoms with van der Waals surface area (Å²) in [5, 5.41) is 0. The number of aromatic nitrogens is 2. The molecule has 3 heterocycles. The van der Waals surface area contributed by atoms with Crippen LogP contribution in [0.25, 0.3) is 22.4 Å². The molecule has 0 atom stereocenters. The Labute approximate surface area is 185 Å². The van der Waals surface area contributed by atoms with Crippen molar-refractivity contribution < 1.29 is 14.0 Å². The Balaban J connectivity index is 1.65. The minimum absolute atomic E-state index is 0.0917. The average Bonchev–Trinajstić information content (AvgIpc) is 2.79. The molecule has 4 rings (SSSR count). The van der Waals surface area contributed by atoms with E-state index >= 15 is 0 Å². The summed E-state index contributed by atoms with van der Waals surface area (Å²) in [6, 6.07) is 12.5. The van der Waals surface area contributed by atoms with Gasteiger partial charge in [-0.1, -0.05) is 12.1 Å².